The number of nitrogens with two attached hydrogens (primary N) is 1. The van der Waals surface area contributed by atoms with Crippen LogP contribution in [-0.4, -0.2) is 27.3 Å². The third-order valence-electron chi connectivity index (χ3n) is 4.21. The Hall–Kier alpha value is -2.11. The first-order valence-corrected chi connectivity index (χ1v) is 6.88. The van der Waals surface area contributed by atoms with Crippen molar-refractivity contribution in [3.63, 3.8) is 0 Å². The first kappa shape index (κ1) is 12.9. The van der Waals surface area contributed by atoms with E-state index in [0.717, 1.165) is 18.5 Å². The van der Waals surface area contributed by atoms with Crippen LogP contribution in [0.15, 0.2) is 18.2 Å². The summed E-state index contributed by atoms with van der Waals surface area (Å²) in [6, 6.07) is 5.63. The molecule has 1 aromatic heterocycles. The molecule has 0 saturated heterocycles. The van der Waals surface area contributed by atoms with Gasteiger partial charge in [0.05, 0.1) is 24.9 Å². The number of tetrazole rings is 1. The molecule has 0 atom stereocenters. The molecule has 0 radical (unpaired) electrons. The fourth-order valence-electron chi connectivity index (χ4n) is 2.58. The van der Waals surface area contributed by atoms with Gasteiger partial charge in [0.1, 0.15) is 0 Å². The molecule has 106 valence electrons. The topological polar surface area (TPSA) is 78.9 Å². The molecule has 1 fully saturated rings. The Labute approximate surface area is 117 Å². The Morgan fingerprint density at radius 2 is 2.20 bits per heavy atom. The third-order valence-corrected chi connectivity index (χ3v) is 4.21. The minimum atomic E-state index is 0.373. The maximum Gasteiger partial charge on any atom is 0.185 e. The molecule has 3 rings (SSSR count). The number of para-hydroxylation sites is 1. The normalized spacial score (nSPS) is 16.1. The number of rotatable bonds is 5. The molecule has 1 aromatic carbocycles. The molecule has 0 unspecified atom stereocenters. The number of nitrogens with zero attached hydrogens (tertiary/aromatic N) is 4. The van der Waals surface area contributed by atoms with E-state index in [9.17, 15) is 0 Å². The molecule has 6 heteroatoms. The van der Waals surface area contributed by atoms with E-state index in [1.54, 1.807) is 7.11 Å². The quantitative estimate of drug-likeness (QED) is 0.844. The number of benzene rings is 1. The zero-order valence-electron chi connectivity index (χ0n) is 11.8. The van der Waals surface area contributed by atoms with Crippen LogP contribution >= 0.6 is 0 Å². The van der Waals surface area contributed by atoms with Gasteiger partial charge in [-0.15, -0.1) is 5.10 Å². The molecule has 1 aliphatic rings. The summed E-state index contributed by atoms with van der Waals surface area (Å²) in [6.45, 7) is 3.07. The number of aromatic nitrogens is 4. The largest absolute Gasteiger partial charge is 0.494 e. The summed E-state index contributed by atoms with van der Waals surface area (Å²) in [7, 11) is 1.61. The van der Waals surface area contributed by atoms with Crippen molar-refractivity contribution in [2.24, 2.45) is 5.41 Å². The van der Waals surface area contributed by atoms with Crippen molar-refractivity contribution in [3.8, 4) is 17.1 Å². The van der Waals surface area contributed by atoms with Gasteiger partial charge in [0.25, 0.3) is 0 Å². The molecule has 2 aromatic rings. The highest BCUT2D eigenvalue weighted by Crippen LogP contribution is 2.50. The first-order chi connectivity index (χ1) is 9.69. The lowest BCUT2D eigenvalue weighted by Gasteiger charge is -2.14. The molecule has 2 N–H and O–H groups in total. The molecule has 1 aliphatic carbocycles. The van der Waals surface area contributed by atoms with Crippen LogP contribution in [0.1, 0.15) is 26.2 Å². The van der Waals surface area contributed by atoms with Crippen LogP contribution in [0, 0.1) is 5.41 Å². The number of methoxy groups -OCH3 is 1. The second-order valence-electron chi connectivity index (χ2n) is 5.44. The highest BCUT2D eigenvalue weighted by molar-refractivity contribution is 5.73. The molecule has 0 aliphatic heterocycles. The lowest BCUT2D eigenvalue weighted by molar-refractivity contribution is 0.381. The number of anilines is 1. The summed E-state index contributed by atoms with van der Waals surface area (Å²) in [6.07, 6.45) is 3.65. The molecule has 0 bridgehead atoms. The van der Waals surface area contributed by atoms with E-state index in [-0.39, 0.29) is 0 Å². The Morgan fingerprint density at radius 1 is 1.40 bits per heavy atom. The predicted molar refractivity (Wildman–Crippen MR) is 76.2 cm³/mol. The van der Waals surface area contributed by atoms with Gasteiger partial charge in [-0.2, -0.15) is 0 Å². The standard InChI is InChI=1S/C14H19N5O/c1-3-14(7-8-14)9-19-13(16-17-18-19)10-5-4-6-11(15)12(10)20-2/h4-6H,3,7-9,15H2,1-2H3. The second-order valence-corrected chi connectivity index (χ2v) is 5.44. The van der Waals surface area contributed by atoms with E-state index in [4.69, 9.17) is 10.5 Å². The zero-order chi connectivity index (χ0) is 14.2. The number of nitrogen functional groups attached to an aromatic ring is 1. The maximum absolute atomic E-state index is 5.95. The number of ether oxygens (including phenoxy) is 1. The van der Waals surface area contributed by atoms with E-state index >= 15 is 0 Å². The highest BCUT2D eigenvalue weighted by Gasteiger charge is 2.42. The van der Waals surface area contributed by atoms with Crippen LogP contribution in [0.2, 0.25) is 0 Å². The molecule has 20 heavy (non-hydrogen) atoms. The fraction of sp³-hybridized carbons (Fsp3) is 0.500. The molecule has 1 saturated carbocycles. The van der Waals surface area contributed by atoms with Crippen molar-refractivity contribution in [3.05, 3.63) is 18.2 Å². The van der Waals surface area contributed by atoms with Crippen LogP contribution in [0.5, 0.6) is 5.75 Å². The minimum absolute atomic E-state index is 0.373. The van der Waals surface area contributed by atoms with Gasteiger partial charge in [0.15, 0.2) is 11.6 Å². The van der Waals surface area contributed by atoms with E-state index in [0.29, 0.717) is 22.7 Å². The Kier molecular flexibility index (Phi) is 3.08. The smallest absolute Gasteiger partial charge is 0.185 e. The molecular formula is C14H19N5O. The van der Waals surface area contributed by atoms with Gasteiger partial charge in [0, 0.05) is 0 Å². The van der Waals surface area contributed by atoms with Crippen LogP contribution in [0.25, 0.3) is 11.4 Å². The summed E-state index contributed by atoms with van der Waals surface area (Å²) in [4.78, 5) is 0. The van der Waals surface area contributed by atoms with E-state index in [2.05, 4.69) is 22.4 Å². The van der Waals surface area contributed by atoms with Crippen molar-refractivity contribution in [1.82, 2.24) is 20.2 Å². The first-order valence-electron chi connectivity index (χ1n) is 6.88. The number of hydrogen-bond acceptors (Lipinski definition) is 5. The average molecular weight is 273 g/mol. The average Bonchev–Trinajstić information content (AvgIpc) is 3.08. The van der Waals surface area contributed by atoms with Gasteiger partial charge in [-0.25, -0.2) is 4.68 Å². The Bertz CT molecular complexity index is 618. The van der Waals surface area contributed by atoms with Gasteiger partial charge in [-0.1, -0.05) is 13.0 Å². The Morgan fingerprint density at radius 3 is 2.85 bits per heavy atom. The van der Waals surface area contributed by atoms with Gasteiger partial charge >= 0.3 is 0 Å². The molecule has 0 amide bonds. The molecule has 0 spiro atoms. The van der Waals surface area contributed by atoms with Gasteiger partial charge in [-0.3, -0.25) is 0 Å². The minimum Gasteiger partial charge on any atom is -0.494 e. The van der Waals surface area contributed by atoms with Crippen molar-refractivity contribution in [1.29, 1.82) is 0 Å². The predicted octanol–water partition coefficient (Wildman–Crippen LogP) is 2.12. The summed E-state index contributed by atoms with van der Waals surface area (Å²) >= 11 is 0. The van der Waals surface area contributed by atoms with E-state index in [1.165, 1.54) is 12.8 Å². The van der Waals surface area contributed by atoms with Crippen LogP contribution in [-0.2, 0) is 6.54 Å². The van der Waals surface area contributed by atoms with Crippen LogP contribution in [0.3, 0.4) is 0 Å². The third kappa shape index (κ3) is 2.11. The highest BCUT2D eigenvalue weighted by atomic mass is 16.5. The monoisotopic (exact) mass is 273 g/mol. The molecular weight excluding hydrogens is 254 g/mol. The van der Waals surface area contributed by atoms with Crippen LogP contribution in [0.4, 0.5) is 5.69 Å². The summed E-state index contributed by atoms with van der Waals surface area (Å²) in [5.41, 5.74) is 7.75. The van der Waals surface area contributed by atoms with E-state index in [1.807, 2.05) is 22.9 Å². The van der Waals surface area contributed by atoms with Crippen LogP contribution < -0.4 is 10.5 Å². The van der Waals surface area contributed by atoms with Crippen molar-refractivity contribution in [2.75, 3.05) is 12.8 Å². The second kappa shape index (κ2) is 4.77. The van der Waals surface area contributed by atoms with Gasteiger partial charge < -0.3 is 10.5 Å². The van der Waals surface area contributed by atoms with Gasteiger partial charge in [0.2, 0.25) is 0 Å². The molecule has 1 heterocycles. The SMILES string of the molecule is CCC1(Cn2nnnc2-c2cccc(N)c2OC)CC1. The summed E-state index contributed by atoms with van der Waals surface area (Å²) in [5, 5.41) is 12.1. The van der Waals surface area contributed by atoms with Crippen molar-refractivity contribution >= 4 is 5.69 Å². The van der Waals surface area contributed by atoms with E-state index < -0.39 is 0 Å². The molecule has 6 nitrogen and oxygen atoms in total. The lowest BCUT2D eigenvalue weighted by atomic mass is 10.0. The Balaban J connectivity index is 1.99. The fourth-order valence-corrected chi connectivity index (χ4v) is 2.58. The number of hydrogen-bond donors (Lipinski definition) is 1. The maximum atomic E-state index is 5.95. The van der Waals surface area contributed by atoms with Crippen molar-refractivity contribution in [2.45, 2.75) is 32.7 Å². The zero-order valence-corrected chi connectivity index (χ0v) is 11.8. The summed E-state index contributed by atoms with van der Waals surface area (Å²) in [5.74, 6) is 1.35. The lowest BCUT2D eigenvalue weighted by Crippen LogP contribution is -2.13. The van der Waals surface area contributed by atoms with Gasteiger partial charge in [-0.05, 0) is 47.2 Å². The summed E-state index contributed by atoms with van der Waals surface area (Å²) < 4.78 is 7.26. The van der Waals surface area contributed by atoms with Crippen molar-refractivity contribution < 1.29 is 4.74 Å².